The summed E-state index contributed by atoms with van der Waals surface area (Å²) < 4.78 is 10.3. The van der Waals surface area contributed by atoms with Crippen molar-refractivity contribution in [2.75, 3.05) is 26.1 Å². The Labute approximate surface area is 118 Å². The lowest BCUT2D eigenvalue weighted by atomic mass is 9.83. The van der Waals surface area contributed by atoms with Gasteiger partial charge in [-0.1, -0.05) is 19.3 Å². The number of benzene rings is 1. The maximum absolute atomic E-state index is 11.1. The van der Waals surface area contributed by atoms with Gasteiger partial charge in [-0.25, -0.2) is 0 Å². The molecule has 1 aromatic rings. The Kier molecular flexibility index (Phi) is 4.65. The highest BCUT2D eigenvalue weighted by Gasteiger charge is 2.21. The summed E-state index contributed by atoms with van der Waals surface area (Å²) >= 11 is 0. The van der Waals surface area contributed by atoms with E-state index < -0.39 is 4.92 Å². The number of hydrogen-bond donors (Lipinski definition) is 1. The van der Waals surface area contributed by atoms with E-state index in [-0.39, 0.29) is 5.69 Å². The van der Waals surface area contributed by atoms with Crippen molar-refractivity contribution >= 4 is 11.4 Å². The van der Waals surface area contributed by atoms with Gasteiger partial charge in [-0.3, -0.25) is 10.1 Å². The number of nitrogens with one attached hydrogen (secondary N) is 1. The molecule has 0 atom stereocenters. The first-order valence-corrected chi connectivity index (χ1v) is 6.80. The number of nitro groups is 1. The van der Waals surface area contributed by atoms with E-state index in [1.807, 2.05) is 0 Å². The zero-order chi connectivity index (χ0) is 14.5. The first-order valence-electron chi connectivity index (χ1n) is 6.80. The fourth-order valence-corrected chi connectivity index (χ4v) is 2.35. The van der Waals surface area contributed by atoms with E-state index in [1.165, 1.54) is 39.5 Å². The molecule has 1 aliphatic carbocycles. The molecule has 1 aromatic carbocycles. The Hall–Kier alpha value is -1.98. The van der Waals surface area contributed by atoms with Gasteiger partial charge in [-0.2, -0.15) is 0 Å². The number of methoxy groups -OCH3 is 2. The quantitative estimate of drug-likeness (QED) is 0.613. The average Bonchev–Trinajstić information content (AvgIpc) is 2.40. The second-order valence-electron chi connectivity index (χ2n) is 4.99. The van der Waals surface area contributed by atoms with Crippen LogP contribution in [-0.2, 0) is 0 Å². The molecule has 0 radical (unpaired) electrons. The fraction of sp³-hybridized carbons (Fsp3) is 0.571. The van der Waals surface area contributed by atoms with Crippen LogP contribution in [0.1, 0.15) is 25.7 Å². The molecule has 6 heteroatoms. The van der Waals surface area contributed by atoms with Crippen LogP contribution in [0.3, 0.4) is 0 Å². The highest BCUT2D eigenvalue weighted by atomic mass is 16.6. The second-order valence-corrected chi connectivity index (χ2v) is 4.99. The number of anilines is 1. The maximum Gasteiger partial charge on any atom is 0.296 e. The van der Waals surface area contributed by atoms with E-state index in [2.05, 4.69) is 5.32 Å². The van der Waals surface area contributed by atoms with Crippen LogP contribution in [0.5, 0.6) is 11.5 Å². The zero-order valence-corrected chi connectivity index (χ0v) is 11.8. The molecule has 0 heterocycles. The minimum Gasteiger partial charge on any atom is -0.493 e. The van der Waals surface area contributed by atoms with Crippen molar-refractivity contribution in [2.45, 2.75) is 25.7 Å². The predicted molar refractivity (Wildman–Crippen MR) is 76.6 cm³/mol. The van der Waals surface area contributed by atoms with Crippen LogP contribution in [0.25, 0.3) is 0 Å². The summed E-state index contributed by atoms with van der Waals surface area (Å²) in [5.74, 6) is 1.62. The van der Waals surface area contributed by atoms with Crippen LogP contribution in [-0.4, -0.2) is 25.7 Å². The molecule has 0 saturated heterocycles. The van der Waals surface area contributed by atoms with Gasteiger partial charge < -0.3 is 14.8 Å². The normalized spacial score (nSPS) is 14.5. The van der Waals surface area contributed by atoms with Crippen LogP contribution >= 0.6 is 0 Å². The van der Waals surface area contributed by atoms with Crippen molar-refractivity contribution in [3.05, 3.63) is 22.2 Å². The van der Waals surface area contributed by atoms with Gasteiger partial charge in [-0.05, 0) is 12.3 Å². The first-order chi connectivity index (χ1) is 9.65. The van der Waals surface area contributed by atoms with Gasteiger partial charge in [0.05, 0.1) is 25.2 Å². The van der Waals surface area contributed by atoms with Gasteiger partial charge in [0, 0.05) is 12.6 Å². The number of ether oxygens (including phenoxy) is 2. The summed E-state index contributed by atoms with van der Waals surface area (Å²) in [6.07, 6.45) is 4.90. The molecule has 2 rings (SSSR count). The van der Waals surface area contributed by atoms with Crippen molar-refractivity contribution in [3.63, 3.8) is 0 Å². The molecule has 1 fully saturated rings. The molecular formula is C14H20N2O4. The van der Waals surface area contributed by atoms with E-state index in [4.69, 9.17) is 9.47 Å². The van der Waals surface area contributed by atoms with Gasteiger partial charge >= 0.3 is 0 Å². The Morgan fingerprint density at radius 2 is 1.95 bits per heavy atom. The van der Waals surface area contributed by atoms with E-state index in [0.717, 1.165) is 18.9 Å². The van der Waals surface area contributed by atoms with Crippen LogP contribution in [0.4, 0.5) is 11.4 Å². The monoisotopic (exact) mass is 280 g/mol. The Morgan fingerprint density at radius 3 is 2.45 bits per heavy atom. The highest BCUT2D eigenvalue weighted by molar-refractivity contribution is 5.68. The largest absolute Gasteiger partial charge is 0.493 e. The Bertz CT molecular complexity index is 486. The van der Waals surface area contributed by atoms with E-state index in [0.29, 0.717) is 17.2 Å². The topological polar surface area (TPSA) is 73.6 Å². The molecular weight excluding hydrogens is 260 g/mol. The van der Waals surface area contributed by atoms with Gasteiger partial charge in [0.2, 0.25) is 0 Å². The molecule has 1 saturated carbocycles. The summed E-state index contributed by atoms with van der Waals surface area (Å²) in [6, 6.07) is 3.02. The lowest BCUT2D eigenvalue weighted by Gasteiger charge is -2.25. The summed E-state index contributed by atoms with van der Waals surface area (Å²) in [6.45, 7) is 0.737. The summed E-state index contributed by atoms with van der Waals surface area (Å²) in [4.78, 5) is 10.7. The summed E-state index contributed by atoms with van der Waals surface area (Å²) in [7, 11) is 2.98. The fourth-order valence-electron chi connectivity index (χ4n) is 2.35. The molecule has 0 bridgehead atoms. The third kappa shape index (κ3) is 3.12. The SMILES string of the molecule is COc1cc(NCCC2CCC2)c([N+](=O)[O-])cc1OC. The number of nitro benzene ring substituents is 1. The molecule has 0 amide bonds. The maximum atomic E-state index is 11.1. The molecule has 0 aliphatic heterocycles. The standard InChI is InChI=1S/C14H20N2O4/c1-19-13-8-11(15-7-6-10-4-3-5-10)12(16(17)18)9-14(13)20-2/h8-10,15H,3-7H2,1-2H3. The van der Waals surface area contributed by atoms with Crippen molar-refractivity contribution in [1.29, 1.82) is 0 Å². The van der Waals surface area contributed by atoms with Crippen LogP contribution in [0.2, 0.25) is 0 Å². The van der Waals surface area contributed by atoms with Crippen molar-refractivity contribution in [1.82, 2.24) is 0 Å². The third-order valence-electron chi connectivity index (χ3n) is 3.79. The lowest BCUT2D eigenvalue weighted by molar-refractivity contribution is -0.384. The highest BCUT2D eigenvalue weighted by Crippen LogP contribution is 2.38. The summed E-state index contributed by atoms with van der Waals surface area (Å²) in [5.41, 5.74) is 0.489. The van der Waals surface area contributed by atoms with E-state index in [9.17, 15) is 10.1 Å². The molecule has 110 valence electrons. The van der Waals surface area contributed by atoms with Gasteiger partial charge in [0.25, 0.3) is 5.69 Å². The summed E-state index contributed by atoms with van der Waals surface area (Å²) in [5, 5.41) is 14.3. The molecule has 6 nitrogen and oxygen atoms in total. The van der Waals surface area contributed by atoms with Crippen molar-refractivity contribution < 1.29 is 14.4 Å². The molecule has 0 aromatic heterocycles. The Morgan fingerprint density at radius 1 is 1.30 bits per heavy atom. The molecule has 20 heavy (non-hydrogen) atoms. The van der Waals surface area contributed by atoms with Gasteiger partial charge in [-0.15, -0.1) is 0 Å². The number of nitrogens with zero attached hydrogens (tertiary/aromatic N) is 1. The molecule has 0 unspecified atom stereocenters. The van der Waals surface area contributed by atoms with E-state index >= 15 is 0 Å². The molecule has 1 N–H and O–H groups in total. The third-order valence-corrected chi connectivity index (χ3v) is 3.79. The van der Waals surface area contributed by atoms with E-state index in [1.54, 1.807) is 6.07 Å². The first kappa shape index (κ1) is 14.4. The number of hydrogen-bond acceptors (Lipinski definition) is 5. The number of rotatable bonds is 7. The molecule has 1 aliphatic rings. The van der Waals surface area contributed by atoms with Crippen molar-refractivity contribution in [3.8, 4) is 11.5 Å². The molecule has 0 spiro atoms. The van der Waals surface area contributed by atoms with Gasteiger partial charge in [0.15, 0.2) is 11.5 Å². The minimum absolute atomic E-state index is 0.0104. The van der Waals surface area contributed by atoms with Crippen LogP contribution < -0.4 is 14.8 Å². The Balaban J connectivity index is 2.13. The zero-order valence-electron chi connectivity index (χ0n) is 11.8. The second kappa shape index (κ2) is 6.45. The predicted octanol–water partition coefficient (Wildman–Crippen LogP) is 3.21. The van der Waals surface area contributed by atoms with Gasteiger partial charge in [0.1, 0.15) is 5.69 Å². The van der Waals surface area contributed by atoms with Crippen LogP contribution in [0, 0.1) is 16.0 Å². The smallest absolute Gasteiger partial charge is 0.296 e. The van der Waals surface area contributed by atoms with Crippen molar-refractivity contribution in [2.24, 2.45) is 5.92 Å². The minimum atomic E-state index is -0.409. The van der Waals surface area contributed by atoms with Crippen LogP contribution in [0.15, 0.2) is 12.1 Å². The lowest BCUT2D eigenvalue weighted by Crippen LogP contribution is -2.16. The average molecular weight is 280 g/mol.